The first kappa shape index (κ1) is 18.6. The van der Waals surface area contributed by atoms with Crippen LogP contribution in [0.3, 0.4) is 0 Å². The van der Waals surface area contributed by atoms with E-state index in [2.05, 4.69) is 28.4 Å². The van der Waals surface area contributed by atoms with Crippen LogP contribution in [0.25, 0.3) is 0 Å². The van der Waals surface area contributed by atoms with Gasteiger partial charge < -0.3 is 9.84 Å². The van der Waals surface area contributed by atoms with E-state index in [1.165, 1.54) is 6.07 Å². The Kier molecular flexibility index (Phi) is 6.51. The molecule has 134 valence electrons. The average Bonchev–Trinajstić information content (AvgIpc) is 2.48. The monoisotopic (exact) mass is 342 g/mol. The van der Waals surface area contributed by atoms with Crippen LogP contribution in [0, 0.1) is 0 Å². The summed E-state index contributed by atoms with van der Waals surface area (Å²) >= 11 is 0. The summed E-state index contributed by atoms with van der Waals surface area (Å²) in [7, 11) is 0. The van der Waals surface area contributed by atoms with Crippen LogP contribution in [-0.4, -0.2) is 59.2 Å². The fraction of sp³-hybridized carbons (Fsp3) is 0.588. The molecule has 1 unspecified atom stereocenters. The van der Waals surface area contributed by atoms with Gasteiger partial charge in [-0.15, -0.1) is 0 Å². The smallest absolute Gasteiger partial charge is 0.387 e. The molecule has 1 aromatic rings. The molecule has 5 nitrogen and oxygen atoms in total. The maximum atomic E-state index is 12.3. The predicted octanol–water partition coefficient (Wildman–Crippen LogP) is 2.66. The molecule has 0 bridgehead atoms. The largest absolute Gasteiger partial charge is 0.481 e. The van der Waals surface area contributed by atoms with E-state index < -0.39 is 12.6 Å². The van der Waals surface area contributed by atoms with Crippen LogP contribution in [0.5, 0.6) is 5.75 Å². The van der Waals surface area contributed by atoms with Crippen molar-refractivity contribution in [3.05, 3.63) is 29.8 Å². The second-order valence-electron chi connectivity index (χ2n) is 6.34. The molecule has 0 amide bonds. The molecule has 0 radical (unpaired) electrons. The van der Waals surface area contributed by atoms with Crippen LogP contribution in [0.1, 0.15) is 25.8 Å². The van der Waals surface area contributed by atoms with E-state index in [9.17, 15) is 13.6 Å². The Balaban J connectivity index is 2.07. The summed E-state index contributed by atoms with van der Waals surface area (Å²) in [5.74, 6) is -0.705. The Morgan fingerprint density at radius 1 is 1.38 bits per heavy atom. The number of hydrogen-bond donors (Lipinski definition) is 1. The number of ether oxygens (including phenoxy) is 1. The van der Waals surface area contributed by atoms with Gasteiger partial charge in [0.2, 0.25) is 0 Å². The minimum absolute atomic E-state index is 0.0659. The van der Waals surface area contributed by atoms with Crippen molar-refractivity contribution in [2.75, 3.05) is 19.6 Å². The average molecular weight is 342 g/mol. The molecule has 1 fully saturated rings. The van der Waals surface area contributed by atoms with Gasteiger partial charge in [0, 0.05) is 38.3 Å². The Morgan fingerprint density at radius 3 is 2.75 bits per heavy atom. The van der Waals surface area contributed by atoms with Crippen molar-refractivity contribution in [3.63, 3.8) is 0 Å². The lowest BCUT2D eigenvalue weighted by Gasteiger charge is -2.42. The zero-order valence-electron chi connectivity index (χ0n) is 14.0. The maximum absolute atomic E-state index is 12.3. The van der Waals surface area contributed by atoms with Gasteiger partial charge in [-0.3, -0.25) is 14.6 Å². The van der Waals surface area contributed by atoms with E-state index in [1.807, 2.05) is 6.07 Å². The fourth-order valence-corrected chi connectivity index (χ4v) is 3.04. The summed E-state index contributed by atoms with van der Waals surface area (Å²) in [5.41, 5.74) is 0.835. The summed E-state index contributed by atoms with van der Waals surface area (Å²) in [5, 5.41) is 9.17. The summed E-state index contributed by atoms with van der Waals surface area (Å²) in [6, 6.07) is 6.85. The molecule has 0 saturated carbocycles. The van der Waals surface area contributed by atoms with Crippen molar-refractivity contribution >= 4 is 5.97 Å². The second-order valence-corrected chi connectivity index (χ2v) is 6.34. The fourth-order valence-electron chi connectivity index (χ4n) is 3.04. The zero-order chi connectivity index (χ0) is 17.7. The number of piperazine rings is 1. The van der Waals surface area contributed by atoms with Crippen molar-refractivity contribution < 1.29 is 23.4 Å². The SMILES string of the molecule is CC(C)N1CCN(Cc2cccc(OC(F)F)c2)C(CC(=O)O)C1. The second kappa shape index (κ2) is 8.39. The molecular weight excluding hydrogens is 318 g/mol. The first-order chi connectivity index (χ1) is 11.3. The van der Waals surface area contributed by atoms with Gasteiger partial charge in [0.25, 0.3) is 0 Å². The molecule has 0 spiro atoms. The van der Waals surface area contributed by atoms with Gasteiger partial charge in [0.15, 0.2) is 0 Å². The van der Waals surface area contributed by atoms with Crippen molar-refractivity contribution in [1.82, 2.24) is 9.80 Å². The Bertz CT molecular complexity index is 554. The summed E-state index contributed by atoms with van der Waals surface area (Å²) in [4.78, 5) is 15.5. The number of benzene rings is 1. The van der Waals surface area contributed by atoms with E-state index in [0.29, 0.717) is 19.1 Å². The van der Waals surface area contributed by atoms with Crippen LogP contribution in [0.15, 0.2) is 24.3 Å². The highest BCUT2D eigenvalue weighted by Gasteiger charge is 2.29. The van der Waals surface area contributed by atoms with E-state index >= 15 is 0 Å². The molecule has 1 aliphatic heterocycles. The lowest BCUT2D eigenvalue weighted by atomic mass is 10.1. The van der Waals surface area contributed by atoms with Gasteiger partial charge in [-0.25, -0.2) is 0 Å². The van der Waals surface area contributed by atoms with Crippen molar-refractivity contribution in [2.45, 2.75) is 45.5 Å². The normalized spacial score (nSPS) is 19.8. The number of aliphatic carboxylic acids is 1. The first-order valence-electron chi connectivity index (χ1n) is 8.08. The highest BCUT2D eigenvalue weighted by molar-refractivity contribution is 5.67. The number of alkyl halides is 2. The highest BCUT2D eigenvalue weighted by Crippen LogP contribution is 2.21. The molecule has 1 aliphatic rings. The first-order valence-corrected chi connectivity index (χ1v) is 8.08. The Labute approximate surface area is 140 Å². The Morgan fingerprint density at radius 2 is 2.12 bits per heavy atom. The molecule has 1 N–H and O–H groups in total. The molecule has 24 heavy (non-hydrogen) atoms. The van der Waals surface area contributed by atoms with Gasteiger partial charge in [-0.1, -0.05) is 12.1 Å². The highest BCUT2D eigenvalue weighted by atomic mass is 19.3. The van der Waals surface area contributed by atoms with Gasteiger partial charge in [0.05, 0.1) is 6.42 Å². The van der Waals surface area contributed by atoms with Crippen LogP contribution < -0.4 is 4.74 Å². The van der Waals surface area contributed by atoms with E-state index in [1.54, 1.807) is 12.1 Å². The van der Waals surface area contributed by atoms with Crippen LogP contribution in [-0.2, 0) is 11.3 Å². The quantitative estimate of drug-likeness (QED) is 0.826. The number of halogens is 2. The molecule has 1 heterocycles. The van der Waals surface area contributed by atoms with Gasteiger partial charge in [0.1, 0.15) is 5.75 Å². The lowest BCUT2D eigenvalue weighted by Crippen LogP contribution is -2.55. The summed E-state index contributed by atoms with van der Waals surface area (Å²) < 4.78 is 29.1. The molecule has 2 rings (SSSR count). The maximum Gasteiger partial charge on any atom is 0.387 e. The van der Waals surface area contributed by atoms with Crippen LogP contribution in [0.4, 0.5) is 8.78 Å². The lowest BCUT2D eigenvalue weighted by molar-refractivity contribution is -0.139. The molecular formula is C17H24F2N2O3. The minimum atomic E-state index is -2.85. The third kappa shape index (κ3) is 5.42. The van der Waals surface area contributed by atoms with Gasteiger partial charge in [-0.2, -0.15) is 8.78 Å². The number of carbonyl (C=O) groups is 1. The molecule has 0 aromatic heterocycles. The minimum Gasteiger partial charge on any atom is -0.481 e. The Hall–Kier alpha value is -1.73. The van der Waals surface area contributed by atoms with Gasteiger partial charge in [-0.05, 0) is 31.5 Å². The number of hydrogen-bond acceptors (Lipinski definition) is 4. The molecule has 0 aliphatic carbocycles. The third-order valence-corrected chi connectivity index (χ3v) is 4.29. The molecule has 1 saturated heterocycles. The number of carboxylic acids is 1. The van der Waals surface area contributed by atoms with Crippen LogP contribution >= 0.6 is 0 Å². The van der Waals surface area contributed by atoms with E-state index in [-0.39, 0.29) is 18.2 Å². The molecule has 1 atom stereocenters. The van der Waals surface area contributed by atoms with Crippen molar-refractivity contribution in [3.8, 4) is 5.75 Å². The predicted molar refractivity (Wildman–Crippen MR) is 86.2 cm³/mol. The summed E-state index contributed by atoms with van der Waals surface area (Å²) in [6.07, 6.45) is 0.0659. The molecule has 7 heteroatoms. The number of rotatable bonds is 7. The number of nitrogens with zero attached hydrogens (tertiary/aromatic N) is 2. The van der Waals surface area contributed by atoms with Crippen LogP contribution in [0.2, 0.25) is 0 Å². The topological polar surface area (TPSA) is 53.0 Å². The zero-order valence-corrected chi connectivity index (χ0v) is 14.0. The standard InChI is InChI=1S/C17H24F2N2O3/c1-12(2)20-6-7-21(14(11-20)9-16(22)23)10-13-4-3-5-15(8-13)24-17(18)19/h3-5,8,12,14,17H,6-7,9-11H2,1-2H3,(H,22,23). The summed E-state index contributed by atoms with van der Waals surface area (Å²) in [6.45, 7) is 4.16. The van der Waals surface area contributed by atoms with E-state index in [4.69, 9.17) is 5.11 Å². The molecule has 1 aromatic carbocycles. The third-order valence-electron chi connectivity index (χ3n) is 4.29. The number of carboxylic acid groups (broad SMARTS) is 1. The van der Waals surface area contributed by atoms with E-state index in [0.717, 1.165) is 18.7 Å². The van der Waals surface area contributed by atoms with Crippen molar-refractivity contribution in [1.29, 1.82) is 0 Å². The van der Waals surface area contributed by atoms with Gasteiger partial charge >= 0.3 is 12.6 Å². The van der Waals surface area contributed by atoms with Crippen molar-refractivity contribution in [2.24, 2.45) is 0 Å².